The molecular weight excluding hydrogens is 461 g/mol. The van der Waals surface area contributed by atoms with E-state index in [0.717, 1.165) is 21.7 Å². The summed E-state index contributed by atoms with van der Waals surface area (Å²) in [7, 11) is 0. The fraction of sp³-hybridized carbons (Fsp3) is 0.241. The zero-order valence-electron chi connectivity index (χ0n) is 19.4. The van der Waals surface area contributed by atoms with Crippen molar-refractivity contribution < 1.29 is 18.7 Å². The van der Waals surface area contributed by atoms with Crippen LogP contribution in [0.25, 0.3) is 0 Å². The summed E-state index contributed by atoms with van der Waals surface area (Å²) in [5, 5.41) is 5.35. The number of nitrogens with one attached hydrogen (secondary N) is 1. The maximum Gasteiger partial charge on any atom is 0.336 e. The molecule has 0 bridgehead atoms. The van der Waals surface area contributed by atoms with Crippen molar-refractivity contribution in [3.8, 4) is 0 Å². The van der Waals surface area contributed by atoms with Crippen LogP contribution in [0.2, 0.25) is 0 Å². The van der Waals surface area contributed by atoms with Crippen LogP contribution in [-0.2, 0) is 20.7 Å². The normalized spacial score (nSPS) is 21.7. The summed E-state index contributed by atoms with van der Waals surface area (Å²) in [5.74, 6) is -1.83. The number of carbonyl (C=O) groups is 2. The lowest BCUT2D eigenvalue weighted by Crippen LogP contribution is -2.42. The molecular formula is C29H26FNO3S. The number of allylic oxidation sites excluding steroid dienone is 3. The summed E-state index contributed by atoms with van der Waals surface area (Å²) in [5.41, 5.74) is 3.68. The Kier molecular flexibility index (Phi) is 6.64. The lowest BCUT2D eigenvalue weighted by atomic mass is 9.69. The van der Waals surface area contributed by atoms with Crippen molar-refractivity contribution in [2.75, 3.05) is 6.61 Å². The number of fused-ring (bicyclic) bond motifs is 1. The van der Waals surface area contributed by atoms with Crippen molar-refractivity contribution >= 4 is 23.1 Å². The molecule has 0 radical (unpaired) electrons. The molecule has 3 atom stereocenters. The zero-order valence-corrected chi connectivity index (χ0v) is 20.2. The van der Waals surface area contributed by atoms with Crippen LogP contribution in [0.1, 0.15) is 41.2 Å². The zero-order chi connectivity index (χ0) is 24.4. The minimum Gasteiger partial charge on any atom is -0.462 e. The van der Waals surface area contributed by atoms with E-state index in [1.165, 1.54) is 12.1 Å². The molecule has 2 aliphatic rings. The lowest BCUT2D eigenvalue weighted by molar-refractivity contribution is -0.139. The SMILES string of the molecule is CC1=C(C(=O)OCCc2ccccc2)C(c2ccc(F)cc2)C2C(=O)CC(c3cccs3)C=C2N1. The van der Waals surface area contributed by atoms with Gasteiger partial charge in [-0.1, -0.05) is 54.6 Å². The first kappa shape index (κ1) is 23.2. The van der Waals surface area contributed by atoms with Gasteiger partial charge in [-0.05, 0) is 41.6 Å². The van der Waals surface area contributed by atoms with E-state index < -0.39 is 17.8 Å². The molecule has 3 aromatic rings. The van der Waals surface area contributed by atoms with Gasteiger partial charge in [0.05, 0.1) is 18.1 Å². The molecule has 0 saturated heterocycles. The highest BCUT2D eigenvalue weighted by molar-refractivity contribution is 7.10. The molecule has 0 saturated carbocycles. The van der Waals surface area contributed by atoms with Gasteiger partial charge in [0.1, 0.15) is 11.6 Å². The van der Waals surface area contributed by atoms with Crippen molar-refractivity contribution in [2.24, 2.45) is 5.92 Å². The second-order valence-corrected chi connectivity index (χ2v) is 9.94. The smallest absolute Gasteiger partial charge is 0.336 e. The average Bonchev–Trinajstić information content (AvgIpc) is 3.39. The summed E-state index contributed by atoms with van der Waals surface area (Å²) in [6, 6.07) is 19.9. The summed E-state index contributed by atoms with van der Waals surface area (Å²) in [4.78, 5) is 28.0. The Labute approximate surface area is 208 Å². The van der Waals surface area contributed by atoms with E-state index in [0.29, 0.717) is 24.1 Å². The van der Waals surface area contributed by atoms with Crippen LogP contribution in [0.3, 0.4) is 0 Å². The van der Waals surface area contributed by atoms with E-state index in [4.69, 9.17) is 4.74 Å². The third-order valence-corrected chi connectivity index (χ3v) is 7.69. The van der Waals surface area contributed by atoms with Crippen LogP contribution in [0.15, 0.2) is 95.2 Å². The summed E-state index contributed by atoms with van der Waals surface area (Å²) in [6.45, 7) is 2.07. The summed E-state index contributed by atoms with van der Waals surface area (Å²) in [6.07, 6.45) is 3.07. The lowest BCUT2D eigenvalue weighted by Gasteiger charge is -2.39. The third kappa shape index (κ3) is 4.84. The second-order valence-electron chi connectivity index (χ2n) is 8.96. The molecule has 35 heavy (non-hydrogen) atoms. The highest BCUT2D eigenvalue weighted by Crippen LogP contribution is 2.46. The predicted molar refractivity (Wildman–Crippen MR) is 134 cm³/mol. The van der Waals surface area contributed by atoms with E-state index >= 15 is 0 Å². The molecule has 0 fully saturated rings. The standard InChI is InChI=1S/C29H26FNO3S/c1-18-26(29(33)34-14-13-19-6-3-2-4-7-19)27(20-9-11-22(30)12-10-20)28-23(31-18)16-21(17-24(28)32)25-8-5-15-35-25/h2-12,15-16,21,27-28,31H,13-14,17H2,1H3. The van der Waals surface area contributed by atoms with Crippen molar-refractivity contribution in [3.63, 3.8) is 0 Å². The predicted octanol–water partition coefficient (Wildman–Crippen LogP) is 5.89. The highest BCUT2D eigenvalue weighted by Gasteiger charge is 2.45. The Morgan fingerprint density at radius 2 is 1.83 bits per heavy atom. The maximum absolute atomic E-state index is 13.7. The molecule has 1 aromatic heterocycles. The Morgan fingerprint density at radius 3 is 2.54 bits per heavy atom. The van der Waals surface area contributed by atoms with E-state index in [2.05, 4.69) is 11.4 Å². The van der Waals surface area contributed by atoms with Crippen molar-refractivity contribution in [3.05, 3.63) is 117 Å². The Bertz CT molecular complexity index is 1280. The first-order valence-electron chi connectivity index (χ1n) is 11.7. The van der Waals surface area contributed by atoms with Gasteiger partial charge in [0.2, 0.25) is 0 Å². The topological polar surface area (TPSA) is 55.4 Å². The van der Waals surface area contributed by atoms with Crippen LogP contribution < -0.4 is 5.32 Å². The quantitative estimate of drug-likeness (QED) is 0.441. The van der Waals surface area contributed by atoms with Crippen LogP contribution in [0.5, 0.6) is 0 Å². The maximum atomic E-state index is 13.7. The van der Waals surface area contributed by atoms with Crippen molar-refractivity contribution in [1.29, 1.82) is 0 Å². The number of esters is 1. The largest absolute Gasteiger partial charge is 0.462 e. The van der Waals surface area contributed by atoms with Gasteiger partial charge >= 0.3 is 5.97 Å². The van der Waals surface area contributed by atoms with Crippen LogP contribution >= 0.6 is 11.3 Å². The number of ether oxygens (including phenoxy) is 1. The van der Waals surface area contributed by atoms with E-state index in [1.54, 1.807) is 23.5 Å². The fourth-order valence-corrected chi connectivity index (χ4v) is 5.84. The molecule has 4 nitrogen and oxygen atoms in total. The summed E-state index contributed by atoms with van der Waals surface area (Å²) < 4.78 is 19.4. The van der Waals surface area contributed by atoms with Gasteiger partial charge in [0.25, 0.3) is 0 Å². The number of thiophene rings is 1. The van der Waals surface area contributed by atoms with E-state index in [9.17, 15) is 14.0 Å². The molecule has 1 aliphatic carbocycles. The first-order valence-corrected chi connectivity index (χ1v) is 12.6. The number of benzene rings is 2. The molecule has 1 aliphatic heterocycles. The van der Waals surface area contributed by atoms with E-state index in [-0.39, 0.29) is 24.1 Å². The molecule has 0 spiro atoms. The van der Waals surface area contributed by atoms with Crippen molar-refractivity contribution in [2.45, 2.75) is 31.6 Å². The molecule has 2 aromatic carbocycles. The molecule has 6 heteroatoms. The number of halogens is 1. The van der Waals surface area contributed by atoms with Gasteiger partial charge in [0, 0.05) is 40.9 Å². The number of hydrogen-bond donors (Lipinski definition) is 1. The molecule has 178 valence electrons. The minimum absolute atomic E-state index is 0.00212. The van der Waals surface area contributed by atoms with Crippen LogP contribution in [0.4, 0.5) is 4.39 Å². The molecule has 1 N–H and O–H groups in total. The van der Waals surface area contributed by atoms with Gasteiger partial charge in [-0.15, -0.1) is 11.3 Å². The van der Waals surface area contributed by atoms with Gasteiger partial charge in [0.15, 0.2) is 0 Å². The minimum atomic E-state index is -0.544. The molecule has 5 rings (SSSR count). The summed E-state index contributed by atoms with van der Waals surface area (Å²) >= 11 is 1.63. The number of ketones is 1. The molecule has 0 amide bonds. The third-order valence-electron chi connectivity index (χ3n) is 6.69. The van der Waals surface area contributed by atoms with Gasteiger partial charge in [-0.2, -0.15) is 0 Å². The average molecular weight is 488 g/mol. The Hall–Kier alpha value is -3.51. The second kappa shape index (κ2) is 10.0. The van der Waals surface area contributed by atoms with Gasteiger partial charge in [-0.3, -0.25) is 4.79 Å². The Morgan fingerprint density at radius 1 is 1.06 bits per heavy atom. The van der Waals surface area contributed by atoms with Gasteiger partial charge < -0.3 is 10.1 Å². The van der Waals surface area contributed by atoms with Crippen LogP contribution in [-0.4, -0.2) is 18.4 Å². The monoisotopic (exact) mass is 487 g/mol. The first-order chi connectivity index (χ1) is 17.0. The fourth-order valence-electron chi connectivity index (χ4n) is 5.04. The number of carbonyl (C=O) groups excluding carboxylic acids is 2. The highest BCUT2D eigenvalue weighted by atomic mass is 32.1. The number of rotatable bonds is 6. The number of Topliss-reactive ketones (excluding diaryl/α,β-unsaturated/α-hetero) is 1. The van der Waals surface area contributed by atoms with Crippen LogP contribution in [0, 0.1) is 11.7 Å². The van der Waals surface area contributed by atoms with Gasteiger partial charge in [-0.25, -0.2) is 9.18 Å². The molecule has 3 unspecified atom stereocenters. The molecule has 2 heterocycles. The number of hydrogen-bond acceptors (Lipinski definition) is 5. The Balaban J connectivity index is 1.48. The van der Waals surface area contributed by atoms with E-state index in [1.807, 2.05) is 54.8 Å². The van der Waals surface area contributed by atoms with Crippen molar-refractivity contribution in [1.82, 2.24) is 5.32 Å².